The van der Waals surface area contributed by atoms with Crippen LogP contribution < -0.4 is 10.6 Å². The summed E-state index contributed by atoms with van der Waals surface area (Å²) < 4.78 is 0. The highest BCUT2D eigenvalue weighted by molar-refractivity contribution is 7.10. The van der Waals surface area contributed by atoms with Crippen LogP contribution in [0.2, 0.25) is 0 Å². The van der Waals surface area contributed by atoms with Gasteiger partial charge in [0.05, 0.1) is 0 Å². The molecule has 3 heteroatoms. The Labute approximate surface area is 121 Å². The van der Waals surface area contributed by atoms with Crippen LogP contribution in [0.3, 0.4) is 0 Å². The third-order valence-corrected chi connectivity index (χ3v) is 5.95. The Balaban J connectivity index is 1.55. The molecule has 2 fully saturated rings. The Bertz CT molecular complexity index is 395. The third kappa shape index (κ3) is 3.21. The molecule has 2 nitrogen and oxygen atoms in total. The predicted molar refractivity (Wildman–Crippen MR) is 82.7 cm³/mol. The fraction of sp³-hybridized carbons (Fsp3) is 0.750. The highest BCUT2D eigenvalue weighted by Crippen LogP contribution is 2.32. The third-order valence-electron chi connectivity index (χ3n) is 4.93. The predicted octanol–water partition coefficient (Wildman–Crippen LogP) is 3.46. The zero-order chi connectivity index (χ0) is 13.1. The van der Waals surface area contributed by atoms with Crippen molar-refractivity contribution in [3.8, 4) is 0 Å². The average molecular weight is 278 g/mol. The van der Waals surface area contributed by atoms with Crippen LogP contribution in [0.4, 0.5) is 0 Å². The van der Waals surface area contributed by atoms with Gasteiger partial charge in [0.25, 0.3) is 0 Å². The maximum absolute atomic E-state index is 3.84. The number of nitrogens with one attached hydrogen (secondary N) is 2. The van der Waals surface area contributed by atoms with Gasteiger partial charge in [-0.25, -0.2) is 0 Å². The molecular formula is C16H26N2S. The smallest absolute Gasteiger partial charge is 0.0305 e. The van der Waals surface area contributed by atoms with Crippen LogP contribution in [0, 0.1) is 12.8 Å². The molecule has 1 aromatic rings. The molecule has 3 atom stereocenters. The normalized spacial score (nSPS) is 31.7. The van der Waals surface area contributed by atoms with Gasteiger partial charge in [-0.15, -0.1) is 11.3 Å². The summed E-state index contributed by atoms with van der Waals surface area (Å²) in [5.74, 6) is 0.862. The number of aryl methyl sites for hydroxylation is 1. The average Bonchev–Trinajstić information content (AvgIpc) is 3.06. The number of hydrogen-bond acceptors (Lipinski definition) is 3. The second-order valence-corrected chi connectivity index (χ2v) is 7.17. The first-order chi connectivity index (χ1) is 9.34. The van der Waals surface area contributed by atoms with E-state index in [1.54, 1.807) is 0 Å². The summed E-state index contributed by atoms with van der Waals surface area (Å²) in [4.78, 5) is 1.52. The Morgan fingerprint density at radius 2 is 2.21 bits per heavy atom. The van der Waals surface area contributed by atoms with Crippen molar-refractivity contribution in [3.05, 3.63) is 21.9 Å². The number of piperidine rings is 1. The molecule has 2 heterocycles. The van der Waals surface area contributed by atoms with Gasteiger partial charge in [-0.3, -0.25) is 0 Å². The van der Waals surface area contributed by atoms with Crippen LogP contribution in [-0.4, -0.2) is 18.6 Å². The standard InChI is InChI=1S/C16H26N2S/c1-12-8-10-19-16(12)11-18-15-7-4-5-13(15)14-6-2-3-9-17-14/h8,10,13-15,17-18H,2-7,9,11H2,1H3. The van der Waals surface area contributed by atoms with Crippen LogP contribution in [0.1, 0.15) is 49.0 Å². The monoisotopic (exact) mass is 278 g/mol. The summed E-state index contributed by atoms with van der Waals surface area (Å²) in [6.45, 7) is 4.53. The Hall–Kier alpha value is -0.380. The fourth-order valence-electron chi connectivity index (χ4n) is 3.78. The van der Waals surface area contributed by atoms with E-state index in [1.165, 1.54) is 55.5 Å². The quantitative estimate of drug-likeness (QED) is 0.881. The first-order valence-corrected chi connectivity index (χ1v) is 8.72. The molecule has 1 saturated carbocycles. The molecule has 2 N–H and O–H groups in total. The highest BCUT2D eigenvalue weighted by atomic mass is 32.1. The molecule has 1 aromatic heterocycles. The van der Waals surface area contributed by atoms with Gasteiger partial charge in [0, 0.05) is 23.5 Å². The van der Waals surface area contributed by atoms with Gasteiger partial charge in [-0.1, -0.05) is 12.8 Å². The molecule has 3 unspecified atom stereocenters. The number of rotatable bonds is 4. The molecule has 1 aliphatic carbocycles. The molecule has 1 aliphatic heterocycles. The molecule has 0 spiro atoms. The first-order valence-electron chi connectivity index (χ1n) is 7.84. The van der Waals surface area contributed by atoms with Crippen molar-refractivity contribution in [2.45, 2.75) is 64.1 Å². The lowest BCUT2D eigenvalue weighted by Gasteiger charge is -2.33. The summed E-state index contributed by atoms with van der Waals surface area (Å²) in [6, 6.07) is 3.74. The van der Waals surface area contributed by atoms with Crippen molar-refractivity contribution in [3.63, 3.8) is 0 Å². The van der Waals surface area contributed by atoms with Gasteiger partial charge in [-0.05, 0) is 62.1 Å². The lowest BCUT2D eigenvalue weighted by Crippen LogP contribution is -2.46. The Kier molecular flexibility index (Phi) is 4.57. The largest absolute Gasteiger partial charge is 0.314 e. The minimum atomic E-state index is 0.733. The van der Waals surface area contributed by atoms with Crippen molar-refractivity contribution < 1.29 is 0 Å². The van der Waals surface area contributed by atoms with E-state index in [2.05, 4.69) is 29.0 Å². The van der Waals surface area contributed by atoms with Gasteiger partial charge >= 0.3 is 0 Å². The summed E-state index contributed by atoms with van der Waals surface area (Å²) in [7, 11) is 0. The van der Waals surface area contributed by atoms with E-state index in [0.717, 1.165) is 24.5 Å². The van der Waals surface area contributed by atoms with Crippen LogP contribution in [0.25, 0.3) is 0 Å². The second-order valence-electron chi connectivity index (χ2n) is 6.17. The Morgan fingerprint density at radius 1 is 1.26 bits per heavy atom. The Morgan fingerprint density at radius 3 is 2.95 bits per heavy atom. The molecule has 106 valence electrons. The van der Waals surface area contributed by atoms with Gasteiger partial charge in [0.2, 0.25) is 0 Å². The van der Waals surface area contributed by atoms with Gasteiger partial charge in [0.1, 0.15) is 0 Å². The molecule has 3 rings (SSSR count). The SMILES string of the molecule is Cc1ccsc1CNC1CCCC1C1CCCCN1. The molecule has 0 amide bonds. The topological polar surface area (TPSA) is 24.1 Å². The number of thiophene rings is 1. The van der Waals surface area contributed by atoms with E-state index in [9.17, 15) is 0 Å². The van der Waals surface area contributed by atoms with E-state index >= 15 is 0 Å². The zero-order valence-electron chi connectivity index (χ0n) is 12.0. The molecular weight excluding hydrogens is 252 g/mol. The minimum Gasteiger partial charge on any atom is -0.314 e. The van der Waals surface area contributed by atoms with Crippen molar-refractivity contribution >= 4 is 11.3 Å². The van der Waals surface area contributed by atoms with Crippen molar-refractivity contribution in [1.29, 1.82) is 0 Å². The van der Waals surface area contributed by atoms with E-state index in [0.29, 0.717) is 0 Å². The van der Waals surface area contributed by atoms with Gasteiger partial charge < -0.3 is 10.6 Å². The summed E-state index contributed by atoms with van der Waals surface area (Å²) in [5.41, 5.74) is 1.45. The maximum Gasteiger partial charge on any atom is 0.0305 e. The lowest BCUT2D eigenvalue weighted by molar-refractivity contribution is 0.257. The van der Waals surface area contributed by atoms with Crippen molar-refractivity contribution in [2.75, 3.05) is 6.54 Å². The number of hydrogen-bond donors (Lipinski definition) is 2. The first kappa shape index (κ1) is 13.6. The second kappa shape index (κ2) is 6.38. The van der Waals surface area contributed by atoms with Crippen LogP contribution in [-0.2, 0) is 6.54 Å². The van der Waals surface area contributed by atoms with Crippen molar-refractivity contribution in [1.82, 2.24) is 10.6 Å². The molecule has 0 radical (unpaired) electrons. The molecule has 0 bridgehead atoms. The summed E-state index contributed by atoms with van der Waals surface area (Å²) in [6.07, 6.45) is 8.37. The van der Waals surface area contributed by atoms with Crippen LogP contribution in [0.15, 0.2) is 11.4 Å². The summed E-state index contributed by atoms with van der Waals surface area (Å²) in [5, 5.41) is 9.81. The van der Waals surface area contributed by atoms with Crippen LogP contribution in [0.5, 0.6) is 0 Å². The van der Waals surface area contributed by atoms with E-state index in [1.807, 2.05) is 11.3 Å². The minimum absolute atomic E-state index is 0.733. The molecule has 0 aromatic carbocycles. The maximum atomic E-state index is 3.84. The highest BCUT2D eigenvalue weighted by Gasteiger charge is 2.33. The molecule has 1 saturated heterocycles. The van der Waals surface area contributed by atoms with Gasteiger partial charge in [0.15, 0.2) is 0 Å². The van der Waals surface area contributed by atoms with Crippen molar-refractivity contribution in [2.24, 2.45) is 5.92 Å². The lowest BCUT2D eigenvalue weighted by atomic mass is 9.88. The zero-order valence-corrected chi connectivity index (χ0v) is 12.8. The van der Waals surface area contributed by atoms with Crippen LogP contribution >= 0.6 is 11.3 Å². The molecule has 2 aliphatic rings. The summed E-state index contributed by atoms with van der Waals surface area (Å²) >= 11 is 1.89. The molecule has 19 heavy (non-hydrogen) atoms. The van der Waals surface area contributed by atoms with E-state index < -0.39 is 0 Å². The fourth-order valence-corrected chi connectivity index (χ4v) is 4.63. The van der Waals surface area contributed by atoms with Gasteiger partial charge in [-0.2, -0.15) is 0 Å². The van der Waals surface area contributed by atoms with E-state index in [-0.39, 0.29) is 0 Å². The van der Waals surface area contributed by atoms with E-state index in [4.69, 9.17) is 0 Å².